The first kappa shape index (κ1) is 23.6. The maximum absolute atomic E-state index is 10.3. The first-order valence-electron chi connectivity index (χ1n) is 13.8. The molecule has 1 heteroatoms. The molecule has 0 aromatic rings. The average Bonchev–Trinajstić information content (AvgIpc) is 3.08. The Hall–Kier alpha value is -0.560. The van der Waals surface area contributed by atoms with Crippen molar-refractivity contribution >= 4 is 0 Å². The van der Waals surface area contributed by atoms with Crippen molar-refractivity contribution in [1.29, 1.82) is 0 Å². The number of hydrogen-bond donors (Lipinski definition) is 1. The van der Waals surface area contributed by atoms with Gasteiger partial charge in [-0.05, 0) is 117 Å². The van der Waals surface area contributed by atoms with Crippen LogP contribution >= 0.6 is 0 Å². The van der Waals surface area contributed by atoms with Crippen LogP contribution in [0.5, 0.6) is 0 Å². The summed E-state index contributed by atoms with van der Waals surface area (Å²) in [6.45, 7) is 14.9. The highest BCUT2D eigenvalue weighted by Gasteiger charge is 2.59. The molecule has 3 fully saturated rings. The molecule has 0 radical (unpaired) electrons. The first-order valence-corrected chi connectivity index (χ1v) is 13.8. The summed E-state index contributed by atoms with van der Waals surface area (Å²) in [5, 5.41) is 10.3. The molecule has 0 aliphatic heterocycles. The van der Waals surface area contributed by atoms with Gasteiger partial charge in [0.15, 0.2) is 0 Å². The summed E-state index contributed by atoms with van der Waals surface area (Å²) in [6.07, 6.45) is 19.2. The summed E-state index contributed by atoms with van der Waals surface area (Å²) in [4.78, 5) is 0. The van der Waals surface area contributed by atoms with Crippen LogP contribution in [0.15, 0.2) is 23.3 Å². The molecule has 4 aliphatic rings. The summed E-state index contributed by atoms with van der Waals surface area (Å²) in [7, 11) is 0. The lowest BCUT2D eigenvalue weighted by Gasteiger charge is -2.58. The van der Waals surface area contributed by atoms with Gasteiger partial charge >= 0.3 is 0 Å². The van der Waals surface area contributed by atoms with Crippen LogP contribution in [-0.4, -0.2) is 11.2 Å². The summed E-state index contributed by atoms with van der Waals surface area (Å²) in [5.74, 6) is 5.15. The molecular formula is C30H50O. The summed E-state index contributed by atoms with van der Waals surface area (Å²) >= 11 is 0. The monoisotopic (exact) mass is 426 g/mol. The third-order valence-corrected chi connectivity index (χ3v) is 10.9. The molecule has 31 heavy (non-hydrogen) atoms. The Kier molecular flexibility index (Phi) is 6.85. The summed E-state index contributed by atoms with van der Waals surface area (Å²) in [6, 6.07) is 0. The molecule has 0 bridgehead atoms. The lowest BCUT2D eigenvalue weighted by molar-refractivity contribution is -0.0571. The lowest BCUT2D eigenvalue weighted by Crippen LogP contribution is -2.50. The van der Waals surface area contributed by atoms with Gasteiger partial charge in [-0.25, -0.2) is 0 Å². The maximum Gasteiger partial charge on any atom is 0.0577 e. The normalized spacial score (nSPS) is 43.8. The van der Waals surface area contributed by atoms with Crippen LogP contribution in [0.2, 0.25) is 0 Å². The van der Waals surface area contributed by atoms with Gasteiger partial charge in [-0.1, -0.05) is 64.8 Å². The van der Waals surface area contributed by atoms with Gasteiger partial charge in [0.2, 0.25) is 0 Å². The molecule has 3 saturated carbocycles. The van der Waals surface area contributed by atoms with Crippen molar-refractivity contribution in [2.24, 2.45) is 46.3 Å². The largest absolute Gasteiger partial charge is 0.393 e. The topological polar surface area (TPSA) is 20.2 Å². The molecule has 0 aromatic carbocycles. The van der Waals surface area contributed by atoms with E-state index in [1.165, 1.54) is 57.8 Å². The van der Waals surface area contributed by atoms with Crippen LogP contribution in [0.4, 0.5) is 0 Å². The Balaban J connectivity index is 1.47. The smallest absolute Gasteiger partial charge is 0.0577 e. The minimum Gasteiger partial charge on any atom is -0.393 e. The molecule has 4 rings (SSSR count). The molecule has 8 atom stereocenters. The molecule has 1 unspecified atom stereocenters. The minimum absolute atomic E-state index is 0.0843. The van der Waals surface area contributed by atoms with E-state index in [0.717, 1.165) is 42.4 Å². The van der Waals surface area contributed by atoms with Gasteiger partial charge in [-0.2, -0.15) is 0 Å². The maximum atomic E-state index is 10.3. The van der Waals surface area contributed by atoms with E-state index in [0.29, 0.717) is 16.7 Å². The van der Waals surface area contributed by atoms with Gasteiger partial charge in [0, 0.05) is 0 Å². The molecular weight excluding hydrogens is 376 g/mol. The van der Waals surface area contributed by atoms with Crippen molar-refractivity contribution in [2.75, 3.05) is 0 Å². The zero-order valence-electron chi connectivity index (χ0n) is 21.4. The predicted molar refractivity (Wildman–Crippen MR) is 133 cm³/mol. The predicted octanol–water partition coefficient (Wildman–Crippen LogP) is 8.34. The quantitative estimate of drug-likeness (QED) is 0.423. The summed E-state index contributed by atoms with van der Waals surface area (Å²) < 4.78 is 0. The van der Waals surface area contributed by atoms with E-state index in [4.69, 9.17) is 0 Å². The molecule has 0 aromatic heterocycles. The molecule has 0 heterocycles. The molecule has 1 nitrogen and oxygen atoms in total. The second kappa shape index (κ2) is 9.00. The zero-order chi connectivity index (χ0) is 22.4. The van der Waals surface area contributed by atoms with Gasteiger partial charge in [0.05, 0.1) is 6.10 Å². The summed E-state index contributed by atoms with van der Waals surface area (Å²) in [5.41, 5.74) is 4.24. The van der Waals surface area contributed by atoms with Gasteiger partial charge in [-0.3, -0.25) is 0 Å². The van der Waals surface area contributed by atoms with Crippen molar-refractivity contribution < 1.29 is 5.11 Å². The van der Waals surface area contributed by atoms with E-state index in [2.05, 4.69) is 53.7 Å². The van der Waals surface area contributed by atoms with Crippen molar-refractivity contribution in [2.45, 2.75) is 118 Å². The zero-order valence-corrected chi connectivity index (χ0v) is 21.4. The Morgan fingerprint density at radius 3 is 2.58 bits per heavy atom. The van der Waals surface area contributed by atoms with Gasteiger partial charge in [-0.15, -0.1) is 0 Å². The van der Waals surface area contributed by atoms with Crippen LogP contribution in [-0.2, 0) is 0 Å². The first-order chi connectivity index (χ1) is 14.7. The Morgan fingerprint density at radius 2 is 1.87 bits per heavy atom. The minimum atomic E-state index is -0.0843. The van der Waals surface area contributed by atoms with E-state index < -0.39 is 0 Å². The third kappa shape index (κ3) is 4.11. The number of hydrogen-bond acceptors (Lipinski definition) is 1. The van der Waals surface area contributed by atoms with Crippen molar-refractivity contribution in [3.63, 3.8) is 0 Å². The van der Waals surface area contributed by atoms with E-state index >= 15 is 0 Å². The highest BCUT2D eigenvalue weighted by molar-refractivity contribution is 5.25. The SMILES string of the molecule is CCC=C(CC[C@@H](C)[C@H]1CC[C@H]2[C@@H]3CC=C4CC(O)CC[C@]4(C)[C@H]3CC[C@]12C)C(C)C. The molecule has 1 N–H and O–H groups in total. The van der Waals surface area contributed by atoms with Gasteiger partial charge in [0.25, 0.3) is 0 Å². The van der Waals surface area contributed by atoms with Crippen LogP contribution in [0.25, 0.3) is 0 Å². The highest BCUT2D eigenvalue weighted by Crippen LogP contribution is 2.67. The standard InChI is InChI=1S/C30H50O/c1-7-8-22(20(2)3)10-9-21(4)26-13-14-27-25-12-11-23-19-24(31)15-17-29(23,5)28(25)16-18-30(26,27)6/h8,11,20-21,24-28,31H,7,9-10,12-19H2,1-6H3/t21-,24?,25+,26-,27+,28+,29+,30-/m1/s1. The molecule has 4 aliphatic carbocycles. The number of aliphatic hydroxyl groups excluding tert-OH is 1. The van der Waals surface area contributed by atoms with Crippen LogP contribution in [0, 0.1) is 46.3 Å². The number of allylic oxidation sites excluding steroid dienone is 3. The van der Waals surface area contributed by atoms with Crippen molar-refractivity contribution in [3.05, 3.63) is 23.3 Å². The van der Waals surface area contributed by atoms with E-state index in [-0.39, 0.29) is 6.10 Å². The molecule has 0 amide bonds. The number of rotatable bonds is 6. The van der Waals surface area contributed by atoms with E-state index in [1.807, 2.05) is 0 Å². The van der Waals surface area contributed by atoms with Crippen LogP contribution < -0.4 is 0 Å². The van der Waals surface area contributed by atoms with Crippen LogP contribution in [0.3, 0.4) is 0 Å². The fourth-order valence-corrected chi connectivity index (χ4v) is 9.10. The number of fused-ring (bicyclic) bond motifs is 5. The second-order valence-corrected chi connectivity index (χ2v) is 12.7. The fraction of sp³-hybridized carbons (Fsp3) is 0.867. The van der Waals surface area contributed by atoms with Gasteiger partial charge in [0.1, 0.15) is 0 Å². The average molecular weight is 427 g/mol. The Bertz CT molecular complexity index is 701. The van der Waals surface area contributed by atoms with Crippen molar-refractivity contribution in [3.8, 4) is 0 Å². The van der Waals surface area contributed by atoms with Crippen molar-refractivity contribution in [1.82, 2.24) is 0 Å². The third-order valence-electron chi connectivity index (χ3n) is 10.9. The molecule has 0 saturated heterocycles. The van der Waals surface area contributed by atoms with Gasteiger partial charge < -0.3 is 5.11 Å². The number of aliphatic hydroxyl groups is 1. The Morgan fingerprint density at radius 1 is 1.10 bits per heavy atom. The second-order valence-electron chi connectivity index (χ2n) is 12.7. The van der Waals surface area contributed by atoms with E-state index in [1.54, 1.807) is 11.1 Å². The molecule has 0 spiro atoms. The molecule has 176 valence electrons. The highest BCUT2D eigenvalue weighted by atomic mass is 16.3. The fourth-order valence-electron chi connectivity index (χ4n) is 9.10. The van der Waals surface area contributed by atoms with E-state index in [9.17, 15) is 5.11 Å². The lowest BCUT2D eigenvalue weighted by atomic mass is 9.47. The Labute approximate surface area is 193 Å². The van der Waals surface area contributed by atoms with Crippen LogP contribution in [0.1, 0.15) is 112 Å².